The largest absolute Gasteiger partial charge is 0.357 e. The molecule has 0 aromatic carbocycles. The molecule has 1 aromatic heterocycles. The van der Waals surface area contributed by atoms with Gasteiger partial charge in [-0.15, -0.1) is 35.3 Å². The Bertz CT molecular complexity index is 534. The van der Waals surface area contributed by atoms with Crippen molar-refractivity contribution >= 4 is 41.3 Å². The summed E-state index contributed by atoms with van der Waals surface area (Å²) in [5.41, 5.74) is 1.39. The summed E-state index contributed by atoms with van der Waals surface area (Å²) in [7, 11) is 0. The van der Waals surface area contributed by atoms with E-state index in [0.29, 0.717) is 0 Å². The summed E-state index contributed by atoms with van der Waals surface area (Å²) in [4.78, 5) is 13.7. The van der Waals surface area contributed by atoms with Crippen LogP contribution in [0, 0.1) is 5.92 Å². The average Bonchev–Trinajstić information content (AvgIpc) is 3.00. The Kier molecular flexibility index (Phi) is 8.96. The highest BCUT2D eigenvalue weighted by Crippen LogP contribution is 2.27. The summed E-state index contributed by atoms with van der Waals surface area (Å²) in [6.45, 7) is 8.64. The molecule has 2 aliphatic rings. The zero-order valence-corrected chi connectivity index (χ0v) is 18.9. The standard InChI is InChI=1S/C19H32N4S.HI/c1-3-20-19(23-13-7-8-15(2)14-23)21-12-6-11-18-22-16-9-4-5-10-17(16)24-18;/h15H,3-14H2,1-2H3,(H,20,21);1H. The van der Waals surface area contributed by atoms with Crippen LogP contribution in [0.4, 0.5) is 0 Å². The molecule has 1 fully saturated rings. The van der Waals surface area contributed by atoms with Gasteiger partial charge in [0.25, 0.3) is 0 Å². The van der Waals surface area contributed by atoms with Crippen LogP contribution < -0.4 is 5.32 Å². The van der Waals surface area contributed by atoms with E-state index in [9.17, 15) is 0 Å². The number of rotatable bonds is 5. The Morgan fingerprint density at radius 1 is 1.32 bits per heavy atom. The summed E-state index contributed by atoms with van der Waals surface area (Å²) < 4.78 is 0. The molecule has 0 bridgehead atoms. The number of thiazole rings is 1. The van der Waals surface area contributed by atoms with Crippen LogP contribution in [0.25, 0.3) is 0 Å². The molecular formula is C19H33IN4S. The fourth-order valence-electron chi connectivity index (χ4n) is 3.74. The molecule has 1 aromatic rings. The summed E-state index contributed by atoms with van der Waals surface area (Å²) in [5.74, 6) is 1.90. The van der Waals surface area contributed by atoms with E-state index in [1.54, 1.807) is 4.88 Å². The number of aryl methyl sites for hydroxylation is 3. The molecule has 6 heteroatoms. The highest BCUT2D eigenvalue weighted by Gasteiger charge is 2.19. The molecule has 3 rings (SSSR count). The van der Waals surface area contributed by atoms with Gasteiger partial charge in [0.15, 0.2) is 5.96 Å². The van der Waals surface area contributed by atoms with Crippen molar-refractivity contribution in [1.82, 2.24) is 15.2 Å². The number of hydrogen-bond donors (Lipinski definition) is 1. The molecule has 25 heavy (non-hydrogen) atoms. The van der Waals surface area contributed by atoms with Gasteiger partial charge in [0.05, 0.1) is 10.7 Å². The number of nitrogens with one attached hydrogen (secondary N) is 1. The van der Waals surface area contributed by atoms with Crippen LogP contribution in [0.3, 0.4) is 0 Å². The lowest BCUT2D eigenvalue weighted by Crippen LogP contribution is -2.46. The minimum absolute atomic E-state index is 0. The summed E-state index contributed by atoms with van der Waals surface area (Å²) in [6.07, 6.45) is 9.94. The maximum Gasteiger partial charge on any atom is 0.193 e. The lowest BCUT2D eigenvalue weighted by Gasteiger charge is -2.33. The first kappa shape index (κ1) is 20.9. The van der Waals surface area contributed by atoms with Gasteiger partial charge >= 0.3 is 0 Å². The lowest BCUT2D eigenvalue weighted by atomic mass is 10.0. The first-order chi connectivity index (χ1) is 11.8. The molecule has 2 heterocycles. The van der Waals surface area contributed by atoms with Crippen molar-refractivity contribution in [2.24, 2.45) is 10.9 Å². The molecule has 0 saturated carbocycles. The first-order valence-corrected chi connectivity index (χ1v) is 10.6. The molecule has 1 saturated heterocycles. The van der Waals surface area contributed by atoms with Gasteiger partial charge < -0.3 is 10.2 Å². The maximum absolute atomic E-state index is 4.88. The molecule has 0 spiro atoms. The number of likely N-dealkylation sites (tertiary alicyclic amines) is 1. The number of aromatic nitrogens is 1. The number of halogens is 1. The van der Waals surface area contributed by atoms with E-state index in [1.807, 2.05) is 11.3 Å². The lowest BCUT2D eigenvalue weighted by molar-refractivity contribution is 0.266. The molecule has 1 unspecified atom stereocenters. The Labute approximate surface area is 173 Å². The molecular weight excluding hydrogens is 443 g/mol. The second-order valence-corrected chi connectivity index (χ2v) is 8.39. The van der Waals surface area contributed by atoms with Crippen molar-refractivity contribution in [3.8, 4) is 0 Å². The van der Waals surface area contributed by atoms with Gasteiger partial charge in [-0.05, 0) is 57.8 Å². The van der Waals surface area contributed by atoms with Crippen LogP contribution in [0.15, 0.2) is 4.99 Å². The molecule has 1 atom stereocenters. The van der Waals surface area contributed by atoms with Crippen LogP contribution in [0.1, 0.15) is 61.5 Å². The average molecular weight is 476 g/mol. The Morgan fingerprint density at radius 2 is 2.16 bits per heavy atom. The van der Waals surface area contributed by atoms with Gasteiger partial charge in [0.1, 0.15) is 0 Å². The van der Waals surface area contributed by atoms with E-state index in [2.05, 4.69) is 24.1 Å². The van der Waals surface area contributed by atoms with Gasteiger partial charge in [0, 0.05) is 37.5 Å². The van der Waals surface area contributed by atoms with Crippen molar-refractivity contribution in [3.05, 3.63) is 15.6 Å². The summed E-state index contributed by atoms with van der Waals surface area (Å²) >= 11 is 1.95. The SMILES string of the molecule is CCNC(=NCCCc1nc2c(s1)CCCC2)N1CCCC(C)C1.I. The zero-order chi connectivity index (χ0) is 16.8. The van der Waals surface area contributed by atoms with E-state index in [0.717, 1.165) is 50.9 Å². The summed E-state index contributed by atoms with van der Waals surface area (Å²) in [6, 6.07) is 0. The summed E-state index contributed by atoms with van der Waals surface area (Å²) in [5, 5.41) is 4.80. The van der Waals surface area contributed by atoms with E-state index >= 15 is 0 Å². The monoisotopic (exact) mass is 476 g/mol. The van der Waals surface area contributed by atoms with Gasteiger partial charge in [0.2, 0.25) is 0 Å². The molecule has 0 amide bonds. The van der Waals surface area contributed by atoms with Crippen molar-refractivity contribution in [1.29, 1.82) is 0 Å². The van der Waals surface area contributed by atoms with Crippen LogP contribution in [0.5, 0.6) is 0 Å². The van der Waals surface area contributed by atoms with E-state index in [1.165, 1.54) is 49.2 Å². The Morgan fingerprint density at radius 3 is 2.92 bits per heavy atom. The number of nitrogens with zero attached hydrogens (tertiary/aromatic N) is 3. The molecule has 0 radical (unpaired) electrons. The second-order valence-electron chi connectivity index (χ2n) is 7.22. The quantitative estimate of drug-likeness (QED) is 0.299. The molecule has 1 aliphatic heterocycles. The van der Waals surface area contributed by atoms with Crippen molar-refractivity contribution in [2.45, 2.75) is 65.2 Å². The Hall–Kier alpha value is -0.370. The normalized spacial score (nSPS) is 20.8. The molecule has 1 N–H and O–H groups in total. The van der Waals surface area contributed by atoms with Crippen molar-refractivity contribution in [3.63, 3.8) is 0 Å². The third-order valence-corrected chi connectivity index (χ3v) is 6.21. The van der Waals surface area contributed by atoms with E-state index in [4.69, 9.17) is 9.98 Å². The number of aliphatic imine (C=N–C) groups is 1. The first-order valence-electron chi connectivity index (χ1n) is 9.77. The number of piperidine rings is 1. The Balaban J connectivity index is 0.00000225. The minimum atomic E-state index is 0. The van der Waals surface area contributed by atoms with Gasteiger partial charge in [-0.2, -0.15) is 0 Å². The fourth-order valence-corrected chi connectivity index (χ4v) is 4.93. The second kappa shape index (κ2) is 10.7. The third-order valence-electron chi connectivity index (χ3n) is 4.99. The van der Waals surface area contributed by atoms with Gasteiger partial charge in [-0.1, -0.05) is 6.92 Å². The molecule has 4 nitrogen and oxygen atoms in total. The number of guanidine groups is 1. The van der Waals surface area contributed by atoms with Gasteiger partial charge in [-0.25, -0.2) is 4.98 Å². The zero-order valence-electron chi connectivity index (χ0n) is 15.7. The van der Waals surface area contributed by atoms with Crippen LogP contribution in [-0.4, -0.2) is 42.0 Å². The fraction of sp³-hybridized carbons (Fsp3) is 0.789. The smallest absolute Gasteiger partial charge is 0.193 e. The van der Waals surface area contributed by atoms with Crippen LogP contribution >= 0.6 is 35.3 Å². The predicted molar refractivity (Wildman–Crippen MR) is 118 cm³/mol. The third kappa shape index (κ3) is 6.08. The highest BCUT2D eigenvalue weighted by atomic mass is 127. The highest BCUT2D eigenvalue weighted by molar-refractivity contribution is 14.0. The number of fused-ring (bicyclic) bond motifs is 1. The minimum Gasteiger partial charge on any atom is -0.357 e. The van der Waals surface area contributed by atoms with Gasteiger partial charge in [-0.3, -0.25) is 4.99 Å². The predicted octanol–water partition coefficient (Wildman–Crippen LogP) is 4.27. The van der Waals surface area contributed by atoms with E-state index in [-0.39, 0.29) is 24.0 Å². The maximum atomic E-state index is 4.88. The number of hydrogen-bond acceptors (Lipinski definition) is 3. The molecule has 142 valence electrons. The molecule has 1 aliphatic carbocycles. The van der Waals surface area contributed by atoms with E-state index < -0.39 is 0 Å². The van der Waals surface area contributed by atoms with Crippen molar-refractivity contribution < 1.29 is 0 Å². The van der Waals surface area contributed by atoms with Crippen molar-refractivity contribution in [2.75, 3.05) is 26.2 Å². The topological polar surface area (TPSA) is 40.5 Å². The van der Waals surface area contributed by atoms with Crippen LogP contribution in [0.2, 0.25) is 0 Å². The van der Waals surface area contributed by atoms with Crippen LogP contribution in [-0.2, 0) is 19.3 Å².